The lowest BCUT2D eigenvalue weighted by Crippen LogP contribution is -2.39. The highest BCUT2D eigenvalue weighted by atomic mass is 16.3. The zero-order valence-corrected chi connectivity index (χ0v) is 11.9. The Balaban J connectivity index is 1.98. The van der Waals surface area contributed by atoms with Gasteiger partial charge in [0.15, 0.2) is 0 Å². The Morgan fingerprint density at radius 3 is 2.84 bits per heavy atom. The molecular weight excluding hydrogens is 238 g/mol. The number of likely N-dealkylation sites (tertiary alicyclic amines) is 1. The Labute approximate surface area is 115 Å². The topological polar surface area (TPSA) is 52.7 Å². The highest BCUT2D eigenvalue weighted by molar-refractivity contribution is 5.47. The van der Waals surface area contributed by atoms with Crippen LogP contribution in [0.3, 0.4) is 0 Å². The summed E-state index contributed by atoms with van der Waals surface area (Å²) >= 11 is 0. The molecule has 0 saturated carbocycles. The summed E-state index contributed by atoms with van der Waals surface area (Å²) < 4.78 is 0. The first kappa shape index (κ1) is 14.3. The predicted octanol–water partition coefficient (Wildman–Crippen LogP) is 1.33. The van der Waals surface area contributed by atoms with Crippen LogP contribution in [0.1, 0.15) is 24.5 Å². The highest BCUT2D eigenvalue weighted by Crippen LogP contribution is 2.25. The van der Waals surface area contributed by atoms with Crippen LogP contribution in [0.4, 0.5) is 5.69 Å². The molecule has 4 heteroatoms. The molecule has 1 fully saturated rings. The molecule has 1 aliphatic rings. The van der Waals surface area contributed by atoms with Gasteiger partial charge in [0.1, 0.15) is 0 Å². The summed E-state index contributed by atoms with van der Waals surface area (Å²) in [5, 5.41) is 10.4. The molecule has 19 heavy (non-hydrogen) atoms. The van der Waals surface area contributed by atoms with E-state index >= 15 is 0 Å². The van der Waals surface area contributed by atoms with Crippen molar-refractivity contribution in [3.05, 3.63) is 29.8 Å². The van der Waals surface area contributed by atoms with Crippen LogP contribution in [0.25, 0.3) is 0 Å². The lowest BCUT2D eigenvalue weighted by molar-refractivity contribution is 0.0985. The van der Waals surface area contributed by atoms with Crippen molar-refractivity contribution >= 4 is 5.69 Å². The van der Waals surface area contributed by atoms with Crippen LogP contribution >= 0.6 is 0 Å². The number of aliphatic hydroxyl groups excluding tert-OH is 1. The molecule has 0 bridgehead atoms. The minimum atomic E-state index is -0.496. The second-order valence-corrected chi connectivity index (χ2v) is 5.70. The Kier molecular flexibility index (Phi) is 4.80. The van der Waals surface area contributed by atoms with Crippen LogP contribution in [-0.2, 0) is 0 Å². The maximum Gasteiger partial charge on any atom is 0.0936 e. The van der Waals surface area contributed by atoms with E-state index in [2.05, 4.69) is 23.9 Å². The summed E-state index contributed by atoms with van der Waals surface area (Å²) in [4.78, 5) is 4.60. The zero-order chi connectivity index (χ0) is 13.8. The van der Waals surface area contributed by atoms with E-state index in [1.807, 2.05) is 24.3 Å². The van der Waals surface area contributed by atoms with Gasteiger partial charge in [-0.2, -0.15) is 0 Å². The Hall–Kier alpha value is -1.10. The molecule has 2 atom stereocenters. The maximum atomic E-state index is 10.4. The van der Waals surface area contributed by atoms with Gasteiger partial charge < -0.3 is 15.7 Å². The number of nitrogens with two attached hydrogens (primary N) is 1. The van der Waals surface area contributed by atoms with Crippen molar-refractivity contribution in [3.8, 4) is 0 Å². The standard InChI is InChI=1S/C15H25N3O/c1-17(2)10-12-6-5-9-18(12)11-15(19)13-7-3-4-8-14(13)16/h3-4,7-8,12,15,19H,5-6,9-11,16H2,1-2H3. The van der Waals surface area contributed by atoms with Gasteiger partial charge in [-0.1, -0.05) is 18.2 Å². The van der Waals surface area contributed by atoms with Gasteiger partial charge in [-0.05, 0) is 39.5 Å². The second-order valence-electron chi connectivity index (χ2n) is 5.70. The van der Waals surface area contributed by atoms with E-state index in [0.29, 0.717) is 18.3 Å². The molecule has 1 aromatic carbocycles. The van der Waals surface area contributed by atoms with Gasteiger partial charge in [0.25, 0.3) is 0 Å². The monoisotopic (exact) mass is 263 g/mol. The summed E-state index contributed by atoms with van der Waals surface area (Å²) in [7, 11) is 4.20. The van der Waals surface area contributed by atoms with Gasteiger partial charge in [-0.15, -0.1) is 0 Å². The Bertz CT molecular complexity index is 408. The summed E-state index contributed by atoms with van der Waals surface area (Å²) in [6.45, 7) is 2.80. The maximum absolute atomic E-state index is 10.4. The van der Waals surface area contributed by atoms with E-state index in [4.69, 9.17) is 5.73 Å². The fourth-order valence-corrected chi connectivity index (χ4v) is 2.90. The lowest BCUT2D eigenvalue weighted by Gasteiger charge is -2.29. The minimum Gasteiger partial charge on any atom is -0.398 e. The summed E-state index contributed by atoms with van der Waals surface area (Å²) in [6.07, 6.45) is 1.94. The van der Waals surface area contributed by atoms with Crippen LogP contribution in [0.15, 0.2) is 24.3 Å². The number of likely N-dealkylation sites (N-methyl/N-ethyl adjacent to an activating group) is 1. The SMILES string of the molecule is CN(C)CC1CCCN1CC(O)c1ccccc1N. The molecular formula is C15H25N3O. The van der Waals surface area contributed by atoms with Crippen molar-refractivity contribution in [2.75, 3.05) is 39.5 Å². The van der Waals surface area contributed by atoms with Gasteiger partial charge in [0.05, 0.1) is 6.10 Å². The Morgan fingerprint density at radius 1 is 1.42 bits per heavy atom. The number of anilines is 1. The van der Waals surface area contributed by atoms with E-state index in [-0.39, 0.29) is 0 Å². The average Bonchev–Trinajstić information content (AvgIpc) is 2.76. The lowest BCUT2D eigenvalue weighted by atomic mass is 10.1. The van der Waals surface area contributed by atoms with Gasteiger partial charge >= 0.3 is 0 Å². The number of benzene rings is 1. The normalized spacial score (nSPS) is 22.0. The third-order valence-corrected chi connectivity index (χ3v) is 3.84. The van der Waals surface area contributed by atoms with Crippen LogP contribution in [0.2, 0.25) is 0 Å². The number of rotatable bonds is 5. The first-order valence-corrected chi connectivity index (χ1v) is 6.99. The smallest absolute Gasteiger partial charge is 0.0936 e. The number of β-amino-alcohol motifs (C(OH)–C–C–N with tert-alkyl or cyclic N) is 1. The van der Waals surface area contributed by atoms with Crippen molar-refractivity contribution in [1.29, 1.82) is 0 Å². The molecule has 0 spiro atoms. The van der Waals surface area contributed by atoms with E-state index in [0.717, 1.165) is 18.7 Å². The number of aliphatic hydroxyl groups is 1. The van der Waals surface area contributed by atoms with Crippen molar-refractivity contribution in [2.45, 2.75) is 25.0 Å². The minimum absolute atomic E-state index is 0.496. The molecule has 1 heterocycles. The van der Waals surface area contributed by atoms with Crippen LogP contribution in [0.5, 0.6) is 0 Å². The molecule has 0 aliphatic carbocycles. The van der Waals surface area contributed by atoms with Crippen molar-refractivity contribution in [2.24, 2.45) is 0 Å². The number of nitrogen functional groups attached to an aromatic ring is 1. The van der Waals surface area contributed by atoms with E-state index in [9.17, 15) is 5.11 Å². The number of nitrogens with zero attached hydrogens (tertiary/aromatic N) is 2. The number of hydrogen-bond acceptors (Lipinski definition) is 4. The third kappa shape index (κ3) is 3.69. The summed E-state index contributed by atoms with van der Waals surface area (Å²) in [5.74, 6) is 0. The van der Waals surface area contributed by atoms with Crippen LogP contribution in [-0.4, -0.2) is 54.7 Å². The van der Waals surface area contributed by atoms with E-state index in [1.54, 1.807) is 0 Å². The van der Waals surface area contributed by atoms with Gasteiger partial charge in [-0.3, -0.25) is 4.90 Å². The first-order chi connectivity index (χ1) is 9.08. The van der Waals surface area contributed by atoms with Crippen molar-refractivity contribution in [1.82, 2.24) is 9.80 Å². The molecule has 1 saturated heterocycles. The zero-order valence-electron chi connectivity index (χ0n) is 11.9. The fraction of sp³-hybridized carbons (Fsp3) is 0.600. The molecule has 2 rings (SSSR count). The molecule has 0 aromatic heterocycles. The third-order valence-electron chi connectivity index (χ3n) is 3.84. The van der Waals surface area contributed by atoms with Gasteiger partial charge in [0.2, 0.25) is 0 Å². The number of hydrogen-bond donors (Lipinski definition) is 2. The van der Waals surface area contributed by atoms with Crippen LogP contribution < -0.4 is 5.73 Å². The first-order valence-electron chi connectivity index (χ1n) is 6.99. The van der Waals surface area contributed by atoms with Gasteiger partial charge in [0, 0.05) is 30.4 Å². The highest BCUT2D eigenvalue weighted by Gasteiger charge is 2.27. The molecule has 1 aliphatic heterocycles. The molecule has 1 aromatic rings. The quantitative estimate of drug-likeness (QED) is 0.787. The summed E-state index contributed by atoms with van der Waals surface area (Å²) in [6, 6.07) is 8.14. The van der Waals surface area contributed by atoms with E-state index in [1.165, 1.54) is 12.8 Å². The molecule has 2 unspecified atom stereocenters. The molecule has 0 radical (unpaired) electrons. The largest absolute Gasteiger partial charge is 0.398 e. The molecule has 106 valence electrons. The van der Waals surface area contributed by atoms with Crippen molar-refractivity contribution < 1.29 is 5.11 Å². The van der Waals surface area contributed by atoms with E-state index < -0.39 is 6.10 Å². The molecule has 4 nitrogen and oxygen atoms in total. The number of para-hydroxylation sites is 1. The van der Waals surface area contributed by atoms with Crippen LogP contribution in [0, 0.1) is 0 Å². The molecule has 3 N–H and O–H groups in total. The Morgan fingerprint density at radius 2 is 2.16 bits per heavy atom. The average molecular weight is 263 g/mol. The molecule has 0 amide bonds. The second kappa shape index (κ2) is 6.37. The predicted molar refractivity (Wildman–Crippen MR) is 79.0 cm³/mol. The summed E-state index contributed by atoms with van der Waals surface area (Å²) in [5.41, 5.74) is 7.45. The van der Waals surface area contributed by atoms with Gasteiger partial charge in [-0.25, -0.2) is 0 Å². The van der Waals surface area contributed by atoms with Crippen molar-refractivity contribution in [3.63, 3.8) is 0 Å². The fourth-order valence-electron chi connectivity index (χ4n) is 2.90.